The van der Waals surface area contributed by atoms with Gasteiger partial charge in [-0.15, -0.1) is 11.3 Å². The van der Waals surface area contributed by atoms with Crippen LogP contribution in [-0.2, 0) is 4.79 Å². The first kappa shape index (κ1) is 13.7. The molecule has 100 valence electrons. The van der Waals surface area contributed by atoms with Crippen LogP contribution in [-0.4, -0.2) is 28.0 Å². The van der Waals surface area contributed by atoms with Crippen molar-refractivity contribution in [1.82, 2.24) is 10.3 Å². The van der Waals surface area contributed by atoms with E-state index in [4.69, 9.17) is 5.11 Å². The lowest BCUT2D eigenvalue weighted by Gasteiger charge is -2.10. The Morgan fingerprint density at radius 2 is 2.26 bits per heavy atom. The monoisotopic (exact) mass is 296 g/mol. The summed E-state index contributed by atoms with van der Waals surface area (Å²) < 4.78 is 0. The molecule has 0 saturated heterocycles. The molecule has 19 heavy (non-hydrogen) atoms. The quantitative estimate of drug-likeness (QED) is 0.888. The topological polar surface area (TPSA) is 79.3 Å². The average molecular weight is 296 g/mol. The van der Waals surface area contributed by atoms with E-state index in [1.807, 2.05) is 16.8 Å². The molecule has 2 N–H and O–H groups in total. The zero-order valence-corrected chi connectivity index (χ0v) is 11.8. The average Bonchev–Trinajstić information content (AvgIpc) is 3.04. The van der Waals surface area contributed by atoms with E-state index in [9.17, 15) is 9.59 Å². The fourth-order valence-electron chi connectivity index (χ4n) is 1.47. The number of carboxylic acid groups (broad SMARTS) is 1. The van der Waals surface area contributed by atoms with E-state index in [-0.39, 0.29) is 5.69 Å². The summed E-state index contributed by atoms with van der Waals surface area (Å²) in [5.74, 6) is -1.49. The lowest BCUT2D eigenvalue weighted by Crippen LogP contribution is -2.40. The molecule has 2 aromatic heterocycles. The molecule has 0 saturated carbocycles. The van der Waals surface area contributed by atoms with Gasteiger partial charge in [0.05, 0.1) is 0 Å². The Hall–Kier alpha value is -1.73. The van der Waals surface area contributed by atoms with Crippen LogP contribution in [0, 0.1) is 0 Å². The number of nitrogens with one attached hydrogen (secondary N) is 1. The van der Waals surface area contributed by atoms with Crippen molar-refractivity contribution in [2.75, 3.05) is 0 Å². The summed E-state index contributed by atoms with van der Waals surface area (Å²) in [4.78, 5) is 27.0. The van der Waals surface area contributed by atoms with Crippen LogP contribution in [0.5, 0.6) is 0 Å². The Bertz CT molecular complexity index is 578. The van der Waals surface area contributed by atoms with Gasteiger partial charge in [-0.2, -0.15) is 11.3 Å². The number of thiophene rings is 1. The summed E-state index contributed by atoms with van der Waals surface area (Å²) in [5.41, 5.74) is 1.23. The van der Waals surface area contributed by atoms with Crippen LogP contribution >= 0.6 is 22.7 Å². The molecule has 0 aliphatic carbocycles. The van der Waals surface area contributed by atoms with E-state index in [0.29, 0.717) is 6.42 Å². The highest BCUT2D eigenvalue weighted by Crippen LogP contribution is 2.25. The van der Waals surface area contributed by atoms with E-state index in [2.05, 4.69) is 10.3 Å². The van der Waals surface area contributed by atoms with Gasteiger partial charge in [0.2, 0.25) is 0 Å². The van der Waals surface area contributed by atoms with Crippen molar-refractivity contribution in [2.45, 2.75) is 19.4 Å². The van der Waals surface area contributed by atoms with Gasteiger partial charge in [-0.25, -0.2) is 9.78 Å². The summed E-state index contributed by atoms with van der Waals surface area (Å²) in [7, 11) is 0. The summed E-state index contributed by atoms with van der Waals surface area (Å²) in [6.07, 6.45) is 0.336. The molecule has 7 heteroatoms. The smallest absolute Gasteiger partial charge is 0.326 e. The van der Waals surface area contributed by atoms with E-state index in [1.165, 1.54) is 11.3 Å². The van der Waals surface area contributed by atoms with Gasteiger partial charge in [0.1, 0.15) is 16.7 Å². The van der Waals surface area contributed by atoms with Crippen molar-refractivity contribution in [2.24, 2.45) is 0 Å². The lowest BCUT2D eigenvalue weighted by atomic mass is 10.2. The molecule has 0 aliphatic rings. The van der Waals surface area contributed by atoms with Crippen LogP contribution in [0.2, 0.25) is 0 Å². The van der Waals surface area contributed by atoms with Gasteiger partial charge >= 0.3 is 5.97 Å². The second-order valence-corrected chi connectivity index (χ2v) is 5.46. The van der Waals surface area contributed by atoms with E-state index >= 15 is 0 Å². The largest absolute Gasteiger partial charge is 0.480 e. The number of aromatic nitrogens is 1. The fourth-order valence-corrected chi connectivity index (χ4v) is 2.98. The van der Waals surface area contributed by atoms with Crippen LogP contribution in [0.15, 0.2) is 22.2 Å². The van der Waals surface area contributed by atoms with Gasteiger partial charge in [0.15, 0.2) is 0 Å². The van der Waals surface area contributed by atoms with Crippen LogP contribution in [0.1, 0.15) is 23.8 Å². The minimum atomic E-state index is -1.04. The van der Waals surface area contributed by atoms with Gasteiger partial charge in [-0.1, -0.05) is 6.92 Å². The highest BCUT2D eigenvalue weighted by Gasteiger charge is 2.20. The number of amides is 1. The Morgan fingerprint density at radius 1 is 1.47 bits per heavy atom. The van der Waals surface area contributed by atoms with Gasteiger partial charge < -0.3 is 10.4 Å². The number of rotatable bonds is 5. The molecular formula is C12H12N2O3S2. The Kier molecular flexibility index (Phi) is 4.28. The molecule has 0 fully saturated rings. The lowest BCUT2D eigenvalue weighted by molar-refractivity contribution is -0.139. The molecule has 0 radical (unpaired) electrons. The van der Waals surface area contributed by atoms with Crippen LogP contribution in [0.4, 0.5) is 0 Å². The van der Waals surface area contributed by atoms with Crippen molar-refractivity contribution >= 4 is 34.6 Å². The zero-order chi connectivity index (χ0) is 13.8. The molecule has 0 spiro atoms. The van der Waals surface area contributed by atoms with Crippen molar-refractivity contribution < 1.29 is 14.7 Å². The van der Waals surface area contributed by atoms with Crippen LogP contribution < -0.4 is 5.32 Å². The minimum absolute atomic E-state index is 0.255. The van der Waals surface area contributed by atoms with Gasteiger partial charge in [-0.05, 0) is 17.9 Å². The number of carboxylic acids is 1. The summed E-state index contributed by atoms with van der Waals surface area (Å²) in [6, 6.07) is 1.05. The first-order valence-electron chi connectivity index (χ1n) is 5.63. The molecule has 2 rings (SSSR count). The van der Waals surface area contributed by atoms with Gasteiger partial charge in [0.25, 0.3) is 5.91 Å². The highest BCUT2D eigenvalue weighted by molar-refractivity contribution is 7.14. The standard InChI is InChI=1S/C12H12N2O3S2/c1-2-8(12(16)17)13-10(15)9-6-19-11(14-9)7-3-4-18-5-7/h3-6,8H,2H2,1H3,(H,13,15)(H,16,17). The first-order chi connectivity index (χ1) is 9.11. The number of carbonyl (C=O) groups excluding carboxylic acids is 1. The minimum Gasteiger partial charge on any atom is -0.480 e. The molecule has 1 atom stereocenters. The number of hydrogen-bond donors (Lipinski definition) is 2. The fraction of sp³-hybridized carbons (Fsp3) is 0.250. The van der Waals surface area contributed by atoms with Gasteiger partial charge in [-0.3, -0.25) is 4.79 Å². The molecular weight excluding hydrogens is 284 g/mol. The van der Waals surface area contributed by atoms with Crippen molar-refractivity contribution in [3.8, 4) is 10.6 Å². The summed E-state index contributed by atoms with van der Waals surface area (Å²) in [5, 5.41) is 17.6. The Balaban J connectivity index is 2.10. The molecule has 2 heterocycles. The zero-order valence-electron chi connectivity index (χ0n) is 10.1. The van der Waals surface area contributed by atoms with Crippen molar-refractivity contribution in [3.05, 3.63) is 27.9 Å². The molecule has 1 unspecified atom stereocenters. The molecule has 1 amide bonds. The highest BCUT2D eigenvalue weighted by atomic mass is 32.1. The number of aliphatic carboxylic acids is 1. The molecule has 0 bridgehead atoms. The summed E-state index contributed by atoms with van der Waals surface area (Å²) >= 11 is 2.92. The van der Waals surface area contributed by atoms with Crippen molar-refractivity contribution in [3.63, 3.8) is 0 Å². The summed E-state index contributed by atoms with van der Waals surface area (Å²) in [6.45, 7) is 1.71. The predicted molar refractivity (Wildman–Crippen MR) is 74.6 cm³/mol. The van der Waals surface area contributed by atoms with Crippen LogP contribution in [0.25, 0.3) is 10.6 Å². The number of thiazole rings is 1. The second kappa shape index (κ2) is 5.94. The van der Waals surface area contributed by atoms with Crippen LogP contribution in [0.3, 0.4) is 0 Å². The maximum atomic E-state index is 11.9. The third-order valence-electron chi connectivity index (χ3n) is 2.52. The number of carbonyl (C=O) groups is 2. The predicted octanol–water partition coefficient (Wildman–Crippen LogP) is 2.46. The third kappa shape index (κ3) is 3.18. The third-order valence-corrected chi connectivity index (χ3v) is 4.09. The van der Waals surface area contributed by atoms with Crippen molar-refractivity contribution in [1.29, 1.82) is 0 Å². The molecule has 2 aromatic rings. The maximum Gasteiger partial charge on any atom is 0.326 e. The first-order valence-corrected chi connectivity index (χ1v) is 7.45. The number of hydrogen-bond acceptors (Lipinski definition) is 5. The number of nitrogens with zero attached hydrogens (tertiary/aromatic N) is 1. The maximum absolute atomic E-state index is 11.9. The Labute approximate surface area is 117 Å². The van der Waals surface area contributed by atoms with E-state index in [1.54, 1.807) is 23.6 Å². The Morgan fingerprint density at radius 3 is 2.84 bits per heavy atom. The molecule has 0 aromatic carbocycles. The van der Waals surface area contributed by atoms with Gasteiger partial charge in [0, 0.05) is 16.3 Å². The molecule has 0 aliphatic heterocycles. The normalized spacial score (nSPS) is 12.1. The van der Waals surface area contributed by atoms with E-state index < -0.39 is 17.9 Å². The van der Waals surface area contributed by atoms with E-state index in [0.717, 1.165) is 10.6 Å². The second-order valence-electron chi connectivity index (χ2n) is 3.82. The SMILES string of the molecule is CCC(NC(=O)c1csc(-c2ccsc2)n1)C(=O)O. The molecule has 5 nitrogen and oxygen atoms in total.